The molecule has 2 aliphatic heterocycles. The minimum atomic E-state index is -0.102. The van der Waals surface area contributed by atoms with Gasteiger partial charge in [0.15, 0.2) is 0 Å². The van der Waals surface area contributed by atoms with E-state index in [4.69, 9.17) is 4.74 Å². The number of hydrogen-bond acceptors (Lipinski definition) is 3. The Hall–Kier alpha value is -4.80. The van der Waals surface area contributed by atoms with E-state index in [1.165, 1.54) is 64.7 Å². The number of para-hydroxylation sites is 4. The highest BCUT2D eigenvalue weighted by Gasteiger charge is 2.38. The van der Waals surface area contributed by atoms with Gasteiger partial charge < -0.3 is 9.64 Å². The number of thiophene rings is 1. The smallest absolute Gasteiger partial charge is 0.251 e. The number of rotatable bonds is 2. The lowest BCUT2D eigenvalue weighted by Crippen LogP contribution is -2.55. The minimum absolute atomic E-state index is 0.0653. The lowest BCUT2D eigenvalue weighted by atomic mass is 9.35. The highest BCUT2D eigenvalue weighted by molar-refractivity contribution is 7.26. The molecule has 0 atom stereocenters. The third-order valence-electron chi connectivity index (χ3n) is 9.40. The van der Waals surface area contributed by atoms with Crippen LogP contribution < -0.4 is 26.0 Å². The molecular formula is C39H28BNOS. The second-order valence-corrected chi connectivity index (χ2v) is 13.2. The fourth-order valence-corrected chi connectivity index (χ4v) is 8.64. The number of hydrogen-bond donors (Lipinski definition) is 0. The van der Waals surface area contributed by atoms with E-state index in [-0.39, 0.29) is 12.1 Å². The molecule has 0 fully saturated rings. The molecule has 0 unspecified atom stereocenters. The third-order valence-corrected chi connectivity index (χ3v) is 10.5. The summed E-state index contributed by atoms with van der Waals surface area (Å²) in [6, 6.07) is 48.5. The van der Waals surface area contributed by atoms with Gasteiger partial charge in [-0.15, -0.1) is 11.3 Å². The first kappa shape index (κ1) is 24.8. The van der Waals surface area contributed by atoms with Crippen molar-refractivity contribution in [3.63, 3.8) is 0 Å². The molecule has 2 nitrogen and oxygen atoms in total. The highest BCUT2D eigenvalue weighted by atomic mass is 32.1. The Morgan fingerprint density at radius 1 is 0.512 bits per heavy atom. The van der Waals surface area contributed by atoms with Gasteiger partial charge >= 0.3 is 0 Å². The van der Waals surface area contributed by atoms with E-state index in [1.807, 2.05) is 11.3 Å². The first-order valence-electron chi connectivity index (χ1n) is 14.9. The molecule has 6 aromatic carbocycles. The molecule has 1 aromatic heterocycles. The molecule has 3 heterocycles. The average molecular weight is 570 g/mol. The fraction of sp³-hybridized carbons (Fsp3) is 0.0769. The molecule has 9 rings (SSSR count). The van der Waals surface area contributed by atoms with Gasteiger partial charge in [-0.3, -0.25) is 0 Å². The van der Waals surface area contributed by atoms with Crippen LogP contribution in [0.4, 0.5) is 17.1 Å². The number of nitrogens with zero attached hydrogens (tertiary/aromatic N) is 1. The van der Waals surface area contributed by atoms with E-state index < -0.39 is 0 Å². The predicted octanol–water partition coefficient (Wildman–Crippen LogP) is 8.79. The molecule has 0 saturated heterocycles. The lowest BCUT2D eigenvalue weighted by molar-refractivity contribution is 0.487. The maximum atomic E-state index is 6.42. The zero-order valence-corrected chi connectivity index (χ0v) is 24.9. The lowest BCUT2D eigenvalue weighted by Gasteiger charge is -2.42. The van der Waals surface area contributed by atoms with Crippen LogP contribution >= 0.6 is 11.3 Å². The molecule has 0 aliphatic carbocycles. The SMILES string of the molecule is CC1(C)c2ccccc2N(c2cccc3sc4cccc(B5c6ccccc6Oc6ccccc65)c4c23)c2ccccc21. The molecule has 43 heavy (non-hydrogen) atoms. The van der Waals surface area contributed by atoms with E-state index in [9.17, 15) is 0 Å². The van der Waals surface area contributed by atoms with Crippen molar-refractivity contribution in [3.8, 4) is 11.5 Å². The summed E-state index contributed by atoms with van der Waals surface area (Å²) in [5.41, 5.74) is 10.0. The average Bonchev–Trinajstić information content (AvgIpc) is 3.44. The number of benzene rings is 6. The maximum absolute atomic E-state index is 6.42. The van der Waals surface area contributed by atoms with Gasteiger partial charge in [0.05, 0.1) is 17.1 Å². The number of ether oxygens (including phenoxy) is 1. The number of anilines is 3. The molecule has 4 heteroatoms. The predicted molar refractivity (Wildman–Crippen MR) is 184 cm³/mol. The van der Waals surface area contributed by atoms with Crippen LogP contribution in [0.15, 0.2) is 133 Å². The summed E-state index contributed by atoms with van der Waals surface area (Å²) in [7, 11) is 0. The summed E-state index contributed by atoms with van der Waals surface area (Å²) in [6.07, 6.45) is 0. The van der Waals surface area contributed by atoms with Crippen molar-refractivity contribution in [2.75, 3.05) is 4.90 Å². The van der Waals surface area contributed by atoms with Crippen molar-refractivity contribution in [1.82, 2.24) is 0 Å². The molecule has 2 aliphatic rings. The van der Waals surface area contributed by atoms with Crippen molar-refractivity contribution in [2.45, 2.75) is 19.3 Å². The van der Waals surface area contributed by atoms with Crippen LogP contribution in [0.3, 0.4) is 0 Å². The maximum Gasteiger partial charge on any atom is 0.251 e. The summed E-state index contributed by atoms with van der Waals surface area (Å²) >= 11 is 1.89. The van der Waals surface area contributed by atoms with E-state index in [0.29, 0.717) is 0 Å². The van der Waals surface area contributed by atoms with Crippen LogP contribution in [0.5, 0.6) is 11.5 Å². The van der Waals surface area contributed by atoms with Crippen molar-refractivity contribution in [1.29, 1.82) is 0 Å². The topological polar surface area (TPSA) is 12.5 Å². The van der Waals surface area contributed by atoms with Crippen LogP contribution in [0.2, 0.25) is 0 Å². The van der Waals surface area contributed by atoms with Crippen LogP contribution in [-0.4, -0.2) is 6.71 Å². The van der Waals surface area contributed by atoms with Gasteiger partial charge in [-0.25, -0.2) is 0 Å². The molecule has 0 spiro atoms. The highest BCUT2D eigenvalue weighted by Crippen LogP contribution is 2.53. The van der Waals surface area contributed by atoms with Gasteiger partial charge in [0, 0.05) is 20.2 Å². The molecule has 204 valence electrons. The van der Waals surface area contributed by atoms with Crippen molar-refractivity contribution in [3.05, 3.63) is 145 Å². The molecule has 7 aromatic rings. The first-order chi connectivity index (χ1) is 21.1. The summed E-state index contributed by atoms with van der Waals surface area (Å²) in [4.78, 5) is 2.51. The molecule has 0 bridgehead atoms. The minimum Gasteiger partial charge on any atom is -0.458 e. The molecular weight excluding hydrogens is 541 g/mol. The van der Waals surface area contributed by atoms with Gasteiger partial charge in [-0.05, 0) is 69.9 Å². The first-order valence-corrected chi connectivity index (χ1v) is 15.7. The Labute approximate surface area is 255 Å². The van der Waals surface area contributed by atoms with Gasteiger partial charge in [0.25, 0.3) is 6.71 Å². The largest absolute Gasteiger partial charge is 0.458 e. The third kappa shape index (κ3) is 3.47. The normalized spacial score (nSPS) is 14.6. The van der Waals surface area contributed by atoms with E-state index in [1.54, 1.807) is 0 Å². The van der Waals surface area contributed by atoms with Gasteiger partial charge in [0.2, 0.25) is 0 Å². The van der Waals surface area contributed by atoms with Crippen LogP contribution in [0, 0.1) is 0 Å². The monoisotopic (exact) mass is 569 g/mol. The molecule has 0 saturated carbocycles. The quantitative estimate of drug-likeness (QED) is 0.193. The van der Waals surface area contributed by atoms with Crippen molar-refractivity contribution >= 4 is 71.7 Å². The second kappa shape index (κ2) is 9.10. The Bertz CT molecular complexity index is 2140. The van der Waals surface area contributed by atoms with Gasteiger partial charge in [-0.2, -0.15) is 0 Å². The number of fused-ring (bicyclic) bond motifs is 7. The van der Waals surface area contributed by atoms with E-state index in [0.717, 1.165) is 11.5 Å². The Balaban J connectivity index is 1.38. The zero-order chi connectivity index (χ0) is 28.7. The summed E-state index contributed by atoms with van der Waals surface area (Å²) in [5, 5.41) is 2.64. The summed E-state index contributed by atoms with van der Waals surface area (Å²) < 4.78 is 9.03. The zero-order valence-electron chi connectivity index (χ0n) is 24.0. The molecule has 0 amide bonds. The van der Waals surface area contributed by atoms with Crippen LogP contribution in [0.1, 0.15) is 25.0 Å². The van der Waals surface area contributed by atoms with E-state index in [2.05, 4.69) is 152 Å². The van der Waals surface area contributed by atoms with Crippen LogP contribution in [-0.2, 0) is 5.41 Å². The second-order valence-electron chi connectivity index (χ2n) is 12.1. The fourth-order valence-electron chi connectivity index (χ4n) is 7.48. The van der Waals surface area contributed by atoms with Crippen LogP contribution in [0.25, 0.3) is 20.2 Å². The summed E-state index contributed by atoms with van der Waals surface area (Å²) in [6.45, 7) is 4.76. The molecule has 0 radical (unpaired) electrons. The Kier molecular flexibility index (Phi) is 5.24. The van der Waals surface area contributed by atoms with Crippen molar-refractivity contribution < 1.29 is 4.74 Å². The van der Waals surface area contributed by atoms with Crippen molar-refractivity contribution in [2.24, 2.45) is 0 Å². The summed E-state index contributed by atoms with van der Waals surface area (Å²) in [5.74, 6) is 1.87. The Morgan fingerprint density at radius 2 is 1.00 bits per heavy atom. The van der Waals surface area contributed by atoms with Gasteiger partial charge in [-0.1, -0.05) is 110 Å². The standard InChI is InChI=1S/C39H28BNOS/c1-39(2)25-13-3-7-18-30(25)41(31-19-8-4-14-26(31)39)32-20-12-24-36-38(32)37-29(17-11-23-35(37)43-36)40-27-15-5-9-21-33(27)42-34-22-10-6-16-28(34)40/h3-24H,1-2H3. The van der Waals surface area contributed by atoms with E-state index >= 15 is 0 Å². The molecule has 0 N–H and O–H groups in total. The Morgan fingerprint density at radius 3 is 1.65 bits per heavy atom. The van der Waals surface area contributed by atoms with Gasteiger partial charge in [0.1, 0.15) is 11.5 Å².